The summed E-state index contributed by atoms with van der Waals surface area (Å²) < 4.78 is 0. The van der Waals surface area contributed by atoms with Gasteiger partial charge in [0.2, 0.25) is 11.9 Å². The lowest BCUT2D eigenvalue weighted by Crippen LogP contribution is -2.52. The fourth-order valence-electron chi connectivity index (χ4n) is 3.76. The first-order valence-corrected chi connectivity index (χ1v) is 8.23. The molecule has 3 heterocycles. The van der Waals surface area contributed by atoms with Crippen molar-refractivity contribution in [2.24, 2.45) is 5.41 Å². The molecule has 130 valence electrons. The molecule has 3 rings (SSSR count). The van der Waals surface area contributed by atoms with Crippen molar-refractivity contribution in [2.75, 3.05) is 36.8 Å². The summed E-state index contributed by atoms with van der Waals surface area (Å²) in [6, 6.07) is 1.93. The summed E-state index contributed by atoms with van der Waals surface area (Å²) in [7, 11) is 0. The molecule has 1 aromatic heterocycles. The lowest BCUT2D eigenvalue weighted by molar-refractivity contribution is -0.148. The maximum atomic E-state index is 11.9. The molecule has 1 amide bonds. The average Bonchev–Trinajstić information content (AvgIpc) is 2.50. The van der Waals surface area contributed by atoms with E-state index in [4.69, 9.17) is 10.8 Å². The van der Waals surface area contributed by atoms with Gasteiger partial charge in [0, 0.05) is 37.8 Å². The molecule has 1 spiro atoms. The van der Waals surface area contributed by atoms with Crippen molar-refractivity contribution in [2.45, 2.75) is 32.6 Å². The van der Waals surface area contributed by atoms with Crippen molar-refractivity contribution < 1.29 is 14.7 Å². The van der Waals surface area contributed by atoms with Crippen molar-refractivity contribution in [1.29, 1.82) is 0 Å². The fourth-order valence-corrected chi connectivity index (χ4v) is 3.76. The van der Waals surface area contributed by atoms with Gasteiger partial charge < -0.3 is 20.6 Å². The molecule has 2 fully saturated rings. The molecule has 8 heteroatoms. The molecule has 0 atom stereocenters. The lowest BCUT2D eigenvalue weighted by atomic mass is 9.72. The Bertz CT molecular complexity index is 635. The van der Waals surface area contributed by atoms with Crippen LogP contribution in [0.4, 0.5) is 11.8 Å². The van der Waals surface area contributed by atoms with E-state index in [1.54, 1.807) is 0 Å². The van der Waals surface area contributed by atoms with Crippen molar-refractivity contribution in [3.63, 3.8) is 0 Å². The van der Waals surface area contributed by atoms with E-state index in [1.165, 1.54) is 4.90 Å². The number of carbonyl (C=O) groups excluding carboxylic acids is 1. The third kappa shape index (κ3) is 3.42. The number of anilines is 2. The van der Waals surface area contributed by atoms with E-state index in [0.717, 1.165) is 43.9 Å². The predicted octanol–water partition coefficient (Wildman–Crippen LogP) is 0.661. The van der Waals surface area contributed by atoms with Crippen LogP contribution < -0.4 is 10.6 Å². The summed E-state index contributed by atoms with van der Waals surface area (Å²) in [6.07, 6.45) is 3.10. The van der Waals surface area contributed by atoms with E-state index in [2.05, 4.69) is 14.9 Å². The fraction of sp³-hybridized carbons (Fsp3) is 0.625. The Morgan fingerprint density at radius 2 is 2.04 bits per heavy atom. The molecular weight excluding hydrogens is 310 g/mol. The van der Waals surface area contributed by atoms with E-state index in [9.17, 15) is 9.59 Å². The molecule has 0 aromatic carbocycles. The van der Waals surface area contributed by atoms with Crippen molar-refractivity contribution >= 4 is 23.6 Å². The zero-order valence-electron chi connectivity index (χ0n) is 13.9. The zero-order valence-corrected chi connectivity index (χ0v) is 13.9. The molecule has 0 radical (unpaired) electrons. The van der Waals surface area contributed by atoms with Crippen LogP contribution in [0.5, 0.6) is 0 Å². The molecule has 0 saturated carbocycles. The van der Waals surface area contributed by atoms with E-state index >= 15 is 0 Å². The number of nitrogens with zero attached hydrogens (tertiary/aromatic N) is 4. The van der Waals surface area contributed by atoms with E-state index in [0.29, 0.717) is 13.0 Å². The number of hydrogen-bond acceptors (Lipinski definition) is 6. The Kier molecular flexibility index (Phi) is 4.29. The van der Waals surface area contributed by atoms with E-state index in [1.807, 2.05) is 13.0 Å². The Morgan fingerprint density at radius 3 is 2.67 bits per heavy atom. The van der Waals surface area contributed by atoms with Gasteiger partial charge in [-0.05, 0) is 31.6 Å². The zero-order chi connectivity index (χ0) is 17.3. The number of carboxylic acids is 1. The highest BCUT2D eigenvalue weighted by atomic mass is 16.4. The van der Waals surface area contributed by atoms with Gasteiger partial charge >= 0.3 is 5.97 Å². The van der Waals surface area contributed by atoms with Crippen molar-refractivity contribution in [1.82, 2.24) is 14.9 Å². The Hall–Kier alpha value is -2.38. The van der Waals surface area contributed by atoms with Crippen LogP contribution in [0, 0.1) is 12.3 Å². The maximum Gasteiger partial charge on any atom is 0.323 e. The van der Waals surface area contributed by atoms with E-state index in [-0.39, 0.29) is 23.8 Å². The summed E-state index contributed by atoms with van der Waals surface area (Å²) in [6.45, 7) is 3.88. The molecule has 2 aliphatic rings. The van der Waals surface area contributed by atoms with Crippen LogP contribution in [-0.4, -0.2) is 58.0 Å². The topological polar surface area (TPSA) is 113 Å². The molecule has 24 heavy (non-hydrogen) atoms. The molecule has 1 aromatic rings. The summed E-state index contributed by atoms with van der Waals surface area (Å²) in [5, 5.41) is 8.98. The number of rotatable bonds is 3. The number of likely N-dealkylation sites (tertiary alicyclic amines) is 1. The number of nitrogen functional groups attached to an aromatic ring is 1. The Labute approximate surface area is 140 Å². The number of aryl methyl sites for hydroxylation is 1. The maximum absolute atomic E-state index is 11.9. The standard InChI is InChI=1S/C16H23N5O3/c1-11-8-12(19-15(17)18-11)20-6-4-16(5-7-20)3-2-13(22)21(10-16)9-14(23)24/h8H,2-7,9-10H2,1H3,(H,23,24)(H2,17,18,19). The number of carboxylic acid groups (broad SMARTS) is 1. The van der Waals surface area contributed by atoms with Crippen LogP contribution in [0.3, 0.4) is 0 Å². The molecular formula is C16H23N5O3. The number of hydrogen-bond donors (Lipinski definition) is 2. The monoisotopic (exact) mass is 333 g/mol. The largest absolute Gasteiger partial charge is 0.480 e. The normalized spacial score (nSPS) is 20.5. The highest BCUT2D eigenvalue weighted by Gasteiger charge is 2.41. The predicted molar refractivity (Wildman–Crippen MR) is 88.5 cm³/mol. The molecule has 0 aliphatic carbocycles. The van der Waals surface area contributed by atoms with Crippen molar-refractivity contribution in [3.05, 3.63) is 11.8 Å². The van der Waals surface area contributed by atoms with Crippen LogP contribution >= 0.6 is 0 Å². The second-order valence-corrected chi connectivity index (χ2v) is 6.86. The van der Waals surface area contributed by atoms with Crippen LogP contribution in [0.15, 0.2) is 6.07 Å². The van der Waals surface area contributed by atoms with Crippen molar-refractivity contribution in [3.8, 4) is 0 Å². The number of carbonyl (C=O) groups is 2. The first-order valence-electron chi connectivity index (χ1n) is 8.23. The first-order chi connectivity index (χ1) is 11.4. The van der Waals surface area contributed by atoms with Gasteiger partial charge in [-0.1, -0.05) is 0 Å². The van der Waals surface area contributed by atoms with Gasteiger partial charge in [-0.25, -0.2) is 4.98 Å². The minimum Gasteiger partial charge on any atom is -0.480 e. The number of nitrogens with two attached hydrogens (primary N) is 1. The first kappa shape index (κ1) is 16.5. The lowest BCUT2D eigenvalue weighted by Gasteiger charge is -2.47. The van der Waals surface area contributed by atoms with Crippen LogP contribution in [0.1, 0.15) is 31.4 Å². The number of aliphatic carboxylic acids is 1. The second kappa shape index (κ2) is 6.26. The Morgan fingerprint density at radius 1 is 1.33 bits per heavy atom. The molecule has 2 aliphatic heterocycles. The smallest absolute Gasteiger partial charge is 0.323 e. The highest BCUT2D eigenvalue weighted by molar-refractivity contribution is 5.82. The molecule has 0 bridgehead atoms. The van der Waals surface area contributed by atoms with Crippen LogP contribution in [0.2, 0.25) is 0 Å². The van der Waals surface area contributed by atoms with Gasteiger partial charge in [-0.2, -0.15) is 4.98 Å². The highest BCUT2D eigenvalue weighted by Crippen LogP contribution is 2.40. The molecule has 8 nitrogen and oxygen atoms in total. The average molecular weight is 333 g/mol. The third-order valence-electron chi connectivity index (χ3n) is 5.08. The van der Waals surface area contributed by atoms with Gasteiger partial charge in [0.05, 0.1) is 0 Å². The minimum atomic E-state index is -0.954. The number of aromatic nitrogens is 2. The van der Waals surface area contributed by atoms with Gasteiger partial charge in [-0.15, -0.1) is 0 Å². The number of amides is 1. The summed E-state index contributed by atoms with van der Waals surface area (Å²) in [4.78, 5) is 35.0. The molecule has 2 saturated heterocycles. The third-order valence-corrected chi connectivity index (χ3v) is 5.08. The van der Waals surface area contributed by atoms with Gasteiger partial charge in [-0.3, -0.25) is 9.59 Å². The van der Waals surface area contributed by atoms with Crippen LogP contribution in [-0.2, 0) is 9.59 Å². The minimum absolute atomic E-state index is 0.0213. The number of piperidine rings is 2. The SMILES string of the molecule is Cc1cc(N2CCC3(CCC(=O)N(CC(=O)O)C3)CC2)nc(N)n1. The summed E-state index contributed by atoms with van der Waals surface area (Å²) in [5.41, 5.74) is 6.60. The quantitative estimate of drug-likeness (QED) is 0.835. The summed E-state index contributed by atoms with van der Waals surface area (Å²) in [5.74, 6) is 0.111. The van der Waals surface area contributed by atoms with E-state index < -0.39 is 5.97 Å². The second-order valence-electron chi connectivity index (χ2n) is 6.86. The van der Waals surface area contributed by atoms with Gasteiger partial charge in [0.1, 0.15) is 12.4 Å². The van der Waals surface area contributed by atoms with Gasteiger partial charge in [0.15, 0.2) is 0 Å². The van der Waals surface area contributed by atoms with Crippen LogP contribution in [0.25, 0.3) is 0 Å². The Balaban J connectivity index is 1.67. The van der Waals surface area contributed by atoms with Gasteiger partial charge in [0.25, 0.3) is 0 Å². The molecule has 0 unspecified atom stereocenters. The molecule has 3 N–H and O–H groups in total. The summed E-state index contributed by atoms with van der Waals surface area (Å²) >= 11 is 0.